The van der Waals surface area contributed by atoms with Crippen LogP contribution in [0.5, 0.6) is 0 Å². The topological polar surface area (TPSA) is 99.3 Å². The van der Waals surface area contributed by atoms with E-state index in [2.05, 4.69) is 15.2 Å². The van der Waals surface area contributed by atoms with Crippen LogP contribution < -0.4 is 0 Å². The molecule has 0 saturated carbocycles. The molecule has 2 aromatic rings. The van der Waals surface area contributed by atoms with Gasteiger partial charge in [0.1, 0.15) is 17.0 Å². The number of nitrogens with zero attached hydrogens (tertiary/aromatic N) is 4. The normalized spacial score (nSPS) is 16.1. The summed E-state index contributed by atoms with van der Waals surface area (Å²) in [4.78, 5) is 17.4. The van der Waals surface area contributed by atoms with Gasteiger partial charge in [-0.15, -0.1) is 0 Å². The van der Waals surface area contributed by atoms with Gasteiger partial charge in [0.05, 0.1) is 5.75 Å². The highest BCUT2D eigenvalue weighted by Crippen LogP contribution is 2.21. The van der Waals surface area contributed by atoms with Crippen molar-refractivity contribution in [1.82, 2.24) is 24.4 Å². The predicted octanol–water partition coefficient (Wildman–Crippen LogP) is 0.569. The third-order valence-corrected chi connectivity index (χ3v) is 6.56. The van der Waals surface area contributed by atoms with Crippen LogP contribution in [-0.4, -0.2) is 70.6 Å². The fourth-order valence-corrected chi connectivity index (χ4v) is 4.62. The Bertz CT molecular complexity index is 836. The lowest BCUT2D eigenvalue weighted by atomic mass is 10.3. The summed E-state index contributed by atoms with van der Waals surface area (Å²) in [5.41, 5.74) is 0. The molecular weight excluding hydrogens is 369 g/mol. The maximum Gasteiger partial charge on any atom is 0.246 e. The molecule has 0 aliphatic carbocycles. The summed E-state index contributed by atoms with van der Waals surface area (Å²) < 4.78 is 40.0. The zero-order valence-corrected chi connectivity index (χ0v) is 14.8. The number of hydrogen-bond acceptors (Lipinski definition) is 6. The van der Waals surface area contributed by atoms with E-state index in [-0.39, 0.29) is 42.7 Å². The molecule has 0 spiro atoms. The van der Waals surface area contributed by atoms with Crippen molar-refractivity contribution in [3.63, 3.8) is 0 Å². The predicted molar refractivity (Wildman–Crippen MR) is 88.8 cm³/mol. The highest BCUT2D eigenvalue weighted by Gasteiger charge is 2.31. The molecule has 1 aromatic heterocycles. The molecular formula is C14H16FN5O3S2. The van der Waals surface area contributed by atoms with Crippen LogP contribution in [-0.2, 0) is 14.8 Å². The highest BCUT2D eigenvalue weighted by atomic mass is 32.2. The molecule has 1 N–H and O–H groups in total. The smallest absolute Gasteiger partial charge is 0.246 e. The number of piperazine rings is 1. The molecule has 3 rings (SSSR count). The molecule has 0 radical (unpaired) electrons. The molecule has 0 unspecified atom stereocenters. The largest absolute Gasteiger partial charge is 0.339 e. The van der Waals surface area contributed by atoms with Crippen molar-refractivity contribution in [2.24, 2.45) is 0 Å². The van der Waals surface area contributed by atoms with Gasteiger partial charge in [-0.1, -0.05) is 23.9 Å². The number of carbonyl (C=O) groups is 1. The van der Waals surface area contributed by atoms with Gasteiger partial charge in [-0.25, -0.2) is 17.8 Å². The number of carbonyl (C=O) groups excluding carboxylic acids is 1. The third kappa shape index (κ3) is 3.99. The second-order valence-electron chi connectivity index (χ2n) is 5.29. The molecule has 1 saturated heterocycles. The summed E-state index contributed by atoms with van der Waals surface area (Å²) in [5.74, 6) is -0.691. The fraction of sp³-hybridized carbons (Fsp3) is 0.357. The van der Waals surface area contributed by atoms with E-state index in [4.69, 9.17) is 0 Å². The van der Waals surface area contributed by atoms with Crippen molar-refractivity contribution in [1.29, 1.82) is 0 Å². The van der Waals surface area contributed by atoms with Crippen molar-refractivity contribution in [3.8, 4) is 0 Å². The Balaban J connectivity index is 1.58. The monoisotopic (exact) mass is 385 g/mol. The van der Waals surface area contributed by atoms with Crippen molar-refractivity contribution in [3.05, 3.63) is 36.4 Å². The van der Waals surface area contributed by atoms with Crippen LogP contribution in [0.15, 0.2) is 40.6 Å². The number of rotatable bonds is 5. The molecule has 0 atom stereocenters. The molecule has 2 heterocycles. The van der Waals surface area contributed by atoms with Gasteiger partial charge in [0.2, 0.25) is 15.9 Å². The molecule has 1 fully saturated rings. The van der Waals surface area contributed by atoms with E-state index in [0.717, 1.165) is 6.07 Å². The summed E-state index contributed by atoms with van der Waals surface area (Å²) in [5, 5.41) is 6.90. The van der Waals surface area contributed by atoms with E-state index in [1.807, 2.05) is 0 Å². The van der Waals surface area contributed by atoms with Gasteiger partial charge in [-0.05, 0) is 12.1 Å². The van der Waals surface area contributed by atoms with E-state index in [1.54, 1.807) is 4.90 Å². The quantitative estimate of drug-likeness (QED) is 0.756. The average molecular weight is 385 g/mol. The zero-order valence-electron chi connectivity index (χ0n) is 13.1. The van der Waals surface area contributed by atoms with Gasteiger partial charge in [-0.2, -0.15) is 9.40 Å². The second kappa shape index (κ2) is 7.50. The van der Waals surface area contributed by atoms with E-state index in [9.17, 15) is 17.6 Å². The average Bonchev–Trinajstić information content (AvgIpc) is 3.13. The second-order valence-corrected chi connectivity index (χ2v) is 8.16. The number of thioether (sulfide) groups is 1. The lowest BCUT2D eigenvalue weighted by molar-refractivity contribution is -0.129. The number of amides is 1. The first kappa shape index (κ1) is 17.8. The molecule has 1 aromatic carbocycles. The number of benzene rings is 1. The van der Waals surface area contributed by atoms with Gasteiger partial charge in [-0.3, -0.25) is 9.89 Å². The SMILES string of the molecule is O=C(CSc1ncn[nH]1)N1CCN(S(=O)(=O)c2ccccc2F)CC1. The fourth-order valence-electron chi connectivity index (χ4n) is 2.46. The maximum absolute atomic E-state index is 13.8. The number of nitrogens with one attached hydrogen (secondary N) is 1. The Morgan fingerprint density at radius 3 is 2.60 bits per heavy atom. The highest BCUT2D eigenvalue weighted by molar-refractivity contribution is 7.99. The van der Waals surface area contributed by atoms with Gasteiger partial charge < -0.3 is 4.90 Å². The van der Waals surface area contributed by atoms with Crippen LogP contribution in [0.3, 0.4) is 0 Å². The van der Waals surface area contributed by atoms with Crippen LogP contribution in [0.4, 0.5) is 4.39 Å². The Morgan fingerprint density at radius 1 is 1.24 bits per heavy atom. The molecule has 8 nitrogen and oxygen atoms in total. The summed E-state index contributed by atoms with van der Waals surface area (Å²) in [6, 6.07) is 5.29. The van der Waals surface area contributed by atoms with Crippen LogP contribution in [0.25, 0.3) is 0 Å². The first-order chi connectivity index (χ1) is 12.0. The summed E-state index contributed by atoms with van der Waals surface area (Å²) in [6.07, 6.45) is 1.36. The Hall–Kier alpha value is -1.98. The van der Waals surface area contributed by atoms with Crippen LogP contribution in [0.1, 0.15) is 0 Å². The number of hydrogen-bond donors (Lipinski definition) is 1. The van der Waals surface area contributed by atoms with Crippen molar-refractivity contribution in [2.45, 2.75) is 10.1 Å². The molecule has 134 valence electrons. The minimum Gasteiger partial charge on any atom is -0.339 e. The summed E-state index contributed by atoms with van der Waals surface area (Å²) in [7, 11) is -3.90. The third-order valence-electron chi connectivity index (χ3n) is 3.77. The number of halogens is 1. The van der Waals surface area contributed by atoms with Crippen LogP contribution in [0, 0.1) is 5.82 Å². The minimum atomic E-state index is -3.90. The molecule has 0 bridgehead atoms. The zero-order chi connectivity index (χ0) is 17.9. The Kier molecular flexibility index (Phi) is 5.35. The van der Waals surface area contributed by atoms with Crippen molar-refractivity contribution < 1.29 is 17.6 Å². The lowest BCUT2D eigenvalue weighted by Crippen LogP contribution is -2.51. The maximum atomic E-state index is 13.8. The molecule has 1 aliphatic rings. The first-order valence-electron chi connectivity index (χ1n) is 7.49. The number of aromatic amines is 1. The minimum absolute atomic E-state index is 0.107. The standard InChI is InChI=1S/C14H16FN5O3S2/c15-11-3-1-2-4-12(11)25(22,23)20-7-5-19(6-8-20)13(21)9-24-14-16-10-17-18-14/h1-4,10H,5-9H2,(H,16,17,18). The van der Waals surface area contributed by atoms with Crippen molar-refractivity contribution >= 4 is 27.7 Å². The van der Waals surface area contributed by atoms with E-state index >= 15 is 0 Å². The van der Waals surface area contributed by atoms with Crippen LogP contribution in [0.2, 0.25) is 0 Å². The first-order valence-corrected chi connectivity index (χ1v) is 9.91. The molecule has 1 aliphatic heterocycles. The summed E-state index contributed by atoms with van der Waals surface area (Å²) in [6.45, 7) is 0.803. The lowest BCUT2D eigenvalue weighted by Gasteiger charge is -2.34. The van der Waals surface area contributed by atoms with Gasteiger partial charge >= 0.3 is 0 Å². The van der Waals surface area contributed by atoms with E-state index < -0.39 is 15.8 Å². The van der Waals surface area contributed by atoms with E-state index in [1.165, 1.54) is 40.6 Å². The molecule has 11 heteroatoms. The van der Waals surface area contributed by atoms with E-state index in [0.29, 0.717) is 5.16 Å². The van der Waals surface area contributed by atoms with Gasteiger partial charge in [0.15, 0.2) is 5.16 Å². The summed E-state index contributed by atoms with van der Waals surface area (Å²) >= 11 is 1.23. The van der Waals surface area contributed by atoms with Gasteiger partial charge in [0.25, 0.3) is 0 Å². The van der Waals surface area contributed by atoms with Crippen molar-refractivity contribution in [2.75, 3.05) is 31.9 Å². The number of sulfonamides is 1. The van der Waals surface area contributed by atoms with Gasteiger partial charge in [0, 0.05) is 26.2 Å². The number of aromatic nitrogens is 3. The Morgan fingerprint density at radius 2 is 1.96 bits per heavy atom. The number of H-pyrrole nitrogens is 1. The molecule has 1 amide bonds. The van der Waals surface area contributed by atoms with Crippen LogP contribution >= 0.6 is 11.8 Å². The molecule has 25 heavy (non-hydrogen) atoms. The Labute approximate surface area is 148 Å².